The minimum absolute atomic E-state index is 0.196. The van der Waals surface area contributed by atoms with Crippen LogP contribution in [0.25, 0.3) is 11.1 Å². The number of aliphatic imine (C=N–C) groups is 1. The van der Waals surface area contributed by atoms with Gasteiger partial charge in [0.2, 0.25) is 11.7 Å². The zero-order valence-electron chi connectivity index (χ0n) is 15.1. The number of benzene rings is 2. The van der Waals surface area contributed by atoms with Crippen LogP contribution < -0.4 is 32.4 Å². The van der Waals surface area contributed by atoms with E-state index >= 15 is 0 Å². The molecule has 28 heavy (non-hydrogen) atoms. The van der Waals surface area contributed by atoms with Crippen molar-refractivity contribution in [3.05, 3.63) is 52.0 Å². The lowest BCUT2D eigenvalue weighted by atomic mass is 10.0. The first-order valence-corrected chi connectivity index (χ1v) is 9.84. The maximum Gasteiger partial charge on any atom is 0.209 e. The predicted octanol–water partition coefficient (Wildman–Crippen LogP) is 2.28. The minimum Gasteiger partial charge on any atom is -0.492 e. The van der Waals surface area contributed by atoms with E-state index in [-0.39, 0.29) is 5.96 Å². The van der Waals surface area contributed by atoms with E-state index in [1.54, 1.807) is 12.1 Å². The topological polar surface area (TPSA) is 110 Å². The lowest BCUT2D eigenvalue weighted by Crippen LogP contribution is -2.50. The molecule has 2 heterocycles. The van der Waals surface area contributed by atoms with Crippen molar-refractivity contribution in [2.75, 3.05) is 13.2 Å². The molecule has 2 aromatic rings. The van der Waals surface area contributed by atoms with Crippen LogP contribution in [-0.2, 0) is 5.79 Å². The molecule has 2 aliphatic rings. The average molecular weight is 421 g/mol. The number of nitrogens with one attached hydrogen (secondary N) is 3. The van der Waals surface area contributed by atoms with Crippen molar-refractivity contribution < 1.29 is 4.74 Å². The van der Waals surface area contributed by atoms with Crippen LogP contribution in [0, 0.1) is 0 Å². The number of hydrazine groups is 1. The molecular formula is C19H22Cl2N6O. The van der Waals surface area contributed by atoms with Gasteiger partial charge in [0.1, 0.15) is 12.4 Å². The summed E-state index contributed by atoms with van der Waals surface area (Å²) in [5, 5.41) is 4.36. The molecule has 0 amide bonds. The summed E-state index contributed by atoms with van der Waals surface area (Å²) < 4.78 is 5.86. The maximum atomic E-state index is 6.53. The van der Waals surface area contributed by atoms with Crippen LogP contribution in [0.15, 0.2) is 41.4 Å². The Morgan fingerprint density at radius 3 is 2.46 bits per heavy atom. The van der Waals surface area contributed by atoms with Crippen molar-refractivity contribution in [2.24, 2.45) is 16.5 Å². The van der Waals surface area contributed by atoms with Crippen molar-refractivity contribution >= 4 is 29.2 Å². The van der Waals surface area contributed by atoms with E-state index < -0.39 is 5.79 Å². The second-order valence-electron chi connectivity index (χ2n) is 6.96. The van der Waals surface area contributed by atoms with Gasteiger partial charge in [-0.3, -0.25) is 11.2 Å². The quantitative estimate of drug-likeness (QED) is 0.507. The zero-order chi connectivity index (χ0) is 19.7. The van der Waals surface area contributed by atoms with Gasteiger partial charge in [-0.2, -0.15) is 5.43 Å². The van der Waals surface area contributed by atoms with Crippen molar-refractivity contribution in [3.63, 3.8) is 0 Å². The molecule has 7 N–H and O–H groups in total. The molecule has 0 bridgehead atoms. The first kappa shape index (κ1) is 19.3. The SMILES string of the molecule is NC1=NC(N)(c2cc(Cl)c(-c3ccc(OC[C@@H]4CCCN4)cc3)c(Cl)c2)NN1. The van der Waals surface area contributed by atoms with Crippen LogP contribution in [0.3, 0.4) is 0 Å². The second-order valence-corrected chi connectivity index (χ2v) is 7.77. The molecule has 1 saturated heterocycles. The summed E-state index contributed by atoms with van der Waals surface area (Å²) in [6.07, 6.45) is 2.35. The van der Waals surface area contributed by atoms with Crippen molar-refractivity contribution in [1.82, 2.24) is 16.2 Å². The molecule has 7 nitrogen and oxygen atoms in total. The van der Waals surface area contributed by atoms with Crippen molar-refractivity contribution in [1.29, 1.82) is 0 Å². The molecule has 0 aliphatic carbocycles. The van der Waals surface area contributed by atoms with E-state index in [0.29, 0.717) is 28.3 Å². The van der Waals surface area contributed by atoms with Gasteiger partial charge < -0.3 is 15.8 Å². The van der Waals surface area contributed by atoms with Crippen LogP contribution in [0.4, 0.5) is 0 Å². The summed E-state index contributed by atoms with van der Waals surface area (Å²) in [5.74, 6) is -0.211. The van der Waals surface area contributed by atoms with Gasteiger partial charge in [0.05, 0.1) is 10.0 Å². The summed E-state index contributed by atoms with van der Waals surface area (Å²) in [6, 6.07) is 11.6. The fourth-order valence-corrected chi connectivity index (χ4v) is 4.13. The zero-order valence-corrected chi connectivity index (χ0v) is 16.6. The standard InChI is InChI=1S/C19H22Cl2N6O/c20-15-8-12(19(23)25-18(22)26-27-19)9-16(21)17(15)11-3-5-14(6-4-11)28-10-13-2-1-7-24-13/h3-6,8-9,13,24,27H,1-2,7,10,23H2,(H3,22,25,26)/t13-,19?/m0/s1. The molecule has 4 rings (SSSR count). The Morgan fingerprint density at radius 2 is 1.89 bits per heavy atom. The molecule has 2 atom stereocenters. The monoisotopic (exact) mass is 420 g/mol. The fraction of sp³-hybridized carbons (Fsp3) is 0.316. The smallest absolute Gasteiger partial charge is 0.209 e. The number of hydrogen-bond donors (Lipinski definition) is 5. The third-order valence-corrected chi connectivity index (χ3v) is 5.51. The van der Waals surface area contributed by atoms with Crippen LogP contribution in [-0.4, -0.2) is 25.2 Å². The molecule has 1 unspecified atom stereocenters. The molecule has 1 fully saturated rings. The molecule has 0 saturated carbocycles. The molecule has 0 aromatic heterocycles. The second kappa shape index (κ2) is 7.77. The Labute approximate surface area is 173 Å². The summed E-state index contributed by atoms with van der Waals surface area (Å²) in [4.78, 5) is 4.15. The van der Waals surface area contributed by atoms with Crippen LogP contribution in [0.2, 0.25) is 10.0 Å². The lowest BCUT2D eigenvalue weighted by molar-refractivity contribution is 0.277. The predicted molar refractivity (Wildman–Crippen MR) is 112 cm³/mol. The first-order chi connectivity index (χ1) is 13.4. The van der Waals surface area contributed by atoms with Crippen molar-refractivity contribution in [2.45, 2.75) is 24.7 Å². The molecule has 9 heteroatoms. The number of hydrogen-bond acceptors (Lipinski definition) is 7. The Bertz CT molecular complexity index is 875. The highest BCUT2D eigenvalue weighted by atomic mass is 35.5. The molecular weight excluding hydrogens is 399 g/mol. The average Bonchev–Trinajstić information content (AvgIpc) is 3.30. The highest BCUT2D eigenvalue weighted by Crippen LogP contribution is 2.38. The van der Waals surface area contributed by atoms with E-state index in [4.69, 9.17) is 39.4 Å². The Hall–Kier alpha value is -2.03. The van der Waals surface area contributed by atoms with Gasteiger partial charge in [-0.05, 0) is 49.2 Å². The Kier molecular flexibility index (Phi) is 5.35. The highest BCUT2D eigenvalue weighted by molar-refractivity contribution is 6.39. The number of guanidine groups is 1. The van der Waals surface area contributed by atoms with E-state index in [2.05, 4.69) is 21.2 Å². The van der Waals surface area contributed by atoms with E-state index in [0.717, 1.165) is 29.8 Å². The lowest BCUT2D eigenvalue weighted by Gasteiger charge is -2.22. The Balaban J connectivity index is 1.54. The van der Waals surface area contributed by atoms with E-state index in [1.807, 2.05) is 24.3 Å². The first-order valence-electron chi connectivity index (χ1n) is 9.08. The summed E-state index contributed by atoms with van der Waals surface area (Å²) in [7, 11) is 0. The summed E-state index contributed by atoms with van der Waals surface area (Å²) >= 11 is 13.1. The van der Waals surface area contributed by atoms with Crippen LogP contribution >= 0.6 is 23.2 Å². The van der Waals surface area contributed by atoms with Crippen LogP contribution in [0.1, 0.15) is 18.4 Å². The third-order valence-electron chi connectivity index (χ3n) is 4.92. The van der Waals surface area contributed by atoms with Gasteiger partial charge in [-0.15, -0.1) is 0 Å². The van der Waals surface area contributed by atoms with Gasteiger partial charge in [-0.1, -0.05) is 35.3 Å². The number of nitrogens with zero attached hydrogens (tertiary/aromatic N) is 1. The maximum absolute atomic E-state index is 6.53. The summed E-state index contributed by atoms with van der Waals surface area (Å²) in [6.45, 7) is 1.73. The molecule has 0 radical (unpaired) electrons. The largest absolute Gasteiger partial charge is 0.492 e. The molecule has 0 spiro atoms. The van der Waals surface area contributed by atoms with Crippen molar-refractivity contribution in [3.8, 4) is 16.9 Å². The van der Waals surface area contributed by atoms with Gasteiger partial charge in [0.25, 0.3) is 0 Å². The Morgan fingerprint density at radius 1 is 1.18 bits per heavy atom. The minimum atomic E-state index is -1.22. The van der Waals surface area contributed by atoms with E-state index in [9.17, 15) is 0 Å². The normalized spacial score (nSPS) is 24.1. The number of halogens is 2. The van der Waals surface area contributed by atoms with E-state index in [1.165, 1.54) is 6.42 Å². The van der Waals surface area contributed by atoms with Gasteiger partial charge >= 0.3 is 0 Å². The van der Waals surface area contributed by atoms with Gasteiger partial charge in [0, 0.05) is 17.2 Å². The number of rotatable bonds is 5. The fourth-order valence-electron chi connectivity index (χ4n) is 3.42. The molecule has 2 aromatic carbocycles. The molecule has 148 valence electrons. The highest BCUT2D eigenvalue weighted by Gasteiger charge is 2.32. The third kappa shape index (κ3) is 3.90. The molecule has 2 aliphatic heterocycles. The summed E-state index contributed by atoms with van der Waals surface area (Å²) in [5.41, 5.74) is 19.6. The van der Waals surface area contributed by atoms with Crippen LogP contribution in [0.5, 0.6) is 5.75 Å². The number of nitrogens with two attached hydrogens (primary N) is 2. The van der Waals surface area contributed by atoms with Gasteiger partial charge in [-0.25, -0.2) is 4.99 Å². The number of ether oxygens (including phenoxy) is 1. The van der Waals surface area contributed by atoms with Gasteiger partial charge in [0.15, 0.2) is 0 Å².